The van der Waals surface area contributed by atoms with Gasteiger partial charge in [-0.3, -0.25) is 14.2 Å². The van der Waals surface area contributed by atoms with Crippen molar-refractivity contribution >= 4 is 28.4 Å². The Balaban J connectivity index is 2.34. The highest BCUT2D eigenvalue weighted by Crippen LogP contribution is 2.39. The van der Waals surface area contributed by atoms with Gasteiger partial charge in [-0.15, -0.1) is 0 Å². The van der Waals surface area contributed by atoms with Gasteiger partial charge >= 0.3 is 12.4 Å². The first-order valence-corrected chi connectivity index (χ1v) is 10.6. The van der Waals surface area contributed by atoms with Crippen LogP contribution < -0.4 is 5.56 Å². The number of halogens is 6. The zero-order chi connectivity index (χ0) is 24.8. The second-order valence-electron chi connectivity index (χ2n) is 8.24. The molecule has 0 saturated carbocycles. The van der Waals surface area contributed by atoms with Crippen LogP contribution in [0.5, 0.6) is 0 Å². The Morgan fingerprint density at radius 3 is 2.18 bits per heavy atom. The number of alkyl halides is 6. The summed E-state index contributed by atoms with van der Waals surface area (Å²) in [5, 5.41) is -0.393. The van der Waals surface area contributed by atoms with Gasteiger partial charge in [0.2, 0.25) is 0 Å². The maximum atomic E-state index is 13.7. The normalized spacial score (nSPS) is 12.9. The Morgan fingerprint density at radius 1 is 0.970 bits per heavy atom. The predicted octanol–water partition coefficient (Wildman–Crippen LogP) is 6.13. The van der Waals surface area contributed by atoms with E-state index in [-0.39, 0.29) is 39.7 Å². The quantitative estimate of drug-likeness (QED) is 0.252. The molecule has 0 N–H and O–H groups in total. The third-order valence-electron chi connectivity index (χ3n) is 4.79. The molecule has 176 valence electrons. The molecule has 0 radical (unpaired) electrons. The molecule has 0 aliphatic heterocycles. The van der Waals surface area contributed by atoms with Crippen molar-refractivity contribution in [3.63, 3.8) is 0 Å². The van der Waals surface area contributed by atoms with Crippen LogP contribution in [0.15, 0.2) is 52.4 Å². The molecule has 0 unspecified atom stereocenters. The van der Waals surface area contributed by atoms with Crippen molar-refractivity contribution in [3.8, 4) is 5.69 Å². The minimum atomic E-state index is -5.05. The Labute approximate surface area is 188 Å². The number of nitrogens with zero attached hydrogens (tertiary/aromatic N) is 2. The number of thioether (sulfide) groups is 1. The van der Waals surface area contributed by atoms with E-state index in [1.165, 1.54) is 18.2 Å². The molecule has 3 rings (SSSR count). The topological polar surface area (TPSA) is 52.0 Å². The van der Waals surface area contributed by atoms with Gasteiger partial charge in [0.15, 0.2) is 5.16 Å². The first kappa shape index (κ1) is 24.8. The number of benzene rings is 2. The molecule has 0 aliphatic carbocycles. The van der Waals surface area contributed by atoms with Gasteiger partial charge in [-0.05, 0) is 30.3 Å². The molecule has 3 aromatic rings. The number of hydrogen-bond donors (Lipinski definition) is 0. The van der Waals surface area contributed by atoms with Crippen molar-refractivity contribution in [1.82, 2.24) is 9.55 Å². The lowest BCUT2D eigenvalue weighted by molar-refractivity contribution is -0.141. The van der Waals surface area contributed by atoms with Gasteiger partial charge in [0.25, 0.3) is 5.56 Å². The molecule has 33 heavy (non-hydrogen) atoms. The summed E-state index contributed by atoms with van der Waals surface area (Å²) in [6, 6.07) is 6.65. The number of carbonyl (C=O) groups excluding carboxylic acids is 1. The van der Waals surface area contributed by atoms with Crippen LogP contribution in [0.25, 0.3) is 16.6 Å². The van der Waals surface area contributed by atoms with Crippen molar-refractivity contribution < 1.29 is 31.1 Å². The van der Waals surface area contributed by atoms with Gasteiger partial charge in [0.1, 0.15) is 5.78 Å². The highest BCUT2D eigenvalue weighted by molar-refractivity contribution is 7.99. The Morgan fingerprint density at radius 2 is 1.61 bits per heavy atom. The predicted molar refractivity (Wildman–Crippen MR) is 113 cm³/mol. The van der Waals surface area contributed by atoms with E-state index in [4.69, 9.17) is 0 Å². The largest absolute Gasteiger partial charge is 0.418 e. The van der Waals surface area contributed by atoms with Crippen LogP contribution in [-0.2, 0) is 17.1 Å². The van der Waals surface area contributed by atoms with Crippen LogP contribution in [0.4, 0.5) is 26.3 Å². The smallest absolute Gasteiger partial charge is 0.298 e. The zero-order valence-corrected chi connectivity index (χ0v) is 18.5. The molecular weight excluding hydrogens is 470 g/mol. The highest BCUT2D eigenvalue weighted by Gasteiger charge is 2.38. The lowest BCUT2D eigenvalue weighted by atomic mass is 9.92. The molecule has 4 nitrogen and oxygen atoms in total. The molecule has 0 fully saturated rings. The summed E-state index contributed by atoms with van der Waals surface area (Å²) in [5.74, 6) is -0.518. The number of Topliss-reactive ketones (excluding diaryl/α,β-unsaturated/α-hetero) is 1. The number of ketones is 1. The molecule has 0 aliphatic rings. The number of fused-ring (bicyclic) bond motifs is 1. The van der Waals surface area contributed by atoms with E-state index in [1.807, 2.05) is 0 Å². The number of para-hydroxylation sites is 1. The van der Waals surface area contributed by atoms with Gasteiger partial charge in [-0.2, -0.15) is 26.3 Å². The summed E-state index contributed by atoms with van der Waals surface area (Å²) in [7, 11) is 0. The molecule has 1 heterocycles. The van der Waals surface area contributed by atoms with Crippen molar-refractivity contribution in [2.24, 2.45) is 5.41 Å². The average Bonchev–Trinajstić information content (AvgIpc) is 2.69. The minimum Gasteiger partial charge on any atom is -0.298 e. The molecule has 2 aromatic carbocycles. The minimum absolute atomic E-state index is 0.0745. The maximum Gasteiger partial charge on any atom is 0.418 e. The number of aromatic nitrogens is 2. The summed E-state index contributed by atoms with van der Waals surface area (Å²) in [6.07, 6.45) is -9.99. The second kappa shape index (κ2) is 8.51. The fourth-order valence-electron chi connectivity index (χ4n) is 2.90. The van der Waals surface area contributed by atoms with Crippen LogP contribution in [0.3, 0.4) is 0 Å². The second-order valence-corrected chi connectivity index (χ2v) is 9.18. The van der Waals surface area contributed by atoms with Gasteiger partial charge in [-0.25, -0.2) is 4.98 Å². The number of carbonyl (C=O) groups is 1. The SMILES string of the molecule is CC(C)(C)C(=O)CSc1nc2ccccc2c(=O)n1-c1cc(C(F)(F)F)ccc1C(F)(F)F. The van der Waals surface area contributed by atoms with Gasteiger partial charge in [-0.1, -0.05) is 44.7 Å². The fourth-order valence-corrected chi connectivity index (χ4v) is 4.07. The van der Waals surface area contributed by atoms with E-state index >= 15 is 0 Å². The van der Waals surface area contributed by atoms with Crippen molar-refractivity contribution in [2.45, 2.75) is 38.3 Å². The van der Waals surface area contributed by atoms with E-state index in [0.29, 0.717) is 22.4 Å². The molecule has 0 bridgehead atoms. The van der Waals surface area contributed by atoms with E-state index in [2.05, 4.69) is 4.98 Å². The van der Waals surface area contributed by atoms with Gasteiger partial charge < -0.3 is 0 Å². The van der Waals surface area contributed by atoms with Crippen LogP contribution in [0.2, 0.25) is 0 Å². The summed E-state index contributed by atoms with van der Waals surface area (Å²) in [6.45, 7) is 4.93. The zero-order valence-electron chi connectivity index (χ0n) is 17.6. The van der Waals surface area contributed by atoms with E-state index in [9.17, 15) is 35.9 Å². The standard InChI is InChI=1S/C22H18F6N2O2S/c1-20(2,3)17(31)11-33-19-29-15-7-5-4-6-13(15)18(32)30(19)16-10-12(21(23,24)25)8-9-14(16)22(26,27)28/h4-10H,11H2,1-3H3. The molecule has 0 spiro atoms. The maximum absolute atomic E-state index is 13.7. The van der Waals surface area contributed by atoms with Crippen LogP contribution in [0.1, 0.15) is 31.9 Å². The Bertz CT molecular complexity index is 1270. The first-order chi connectivity index (χ1) is 15.1. The third-order valence-corrected chi connectivity index (χ3v) is 5.72. The number of rotatable bonds is 4. The van der Waals surface area contributed by atoms with Crippen molar-refractivity contribution in [1.29, 1.82) is 0 Å². The number of hydrogen-bond acceptors (Lipinski definition) is 4. The Kier molecular flexibility index (Phi) is 6.40. The first-order valence-electron chi connectivity index (χ1n) is 9.57. The van der Waals surface area contributed by atoms with Crippen molar-refractivity contribution in [2.75, 3.05) is 5.75 Å². The van der Waals surface area contributed by atoms with Gasteiger partial charge in [0, 0.05) is 5.41 Å². The lowest BCUT2D eigenvalue weighted by Gasteiger charge is -2.20. The van der Waals surface area contributed by atoms with Crippen LogP contribution >= 0.6 is 11.8 Å². The molecule has 0 atom stereocenters. The summed E-state index contributed by atoms with van der Waals surface area (Å²) < 4.78 is 81.6. The fraction of sp³-hybridized carbons (Fsp3) is 0.318. The van der Waals surface area contributed by atoms with Crippen LogP contribution in [0, 0.1) is 5.41 Å². The molecule has 0 saturated heterocycles. The van der Waals surface area contributed by atoms with E-state index in [0.717, 1.165) is 0 Å². The monoisotopic (exact) mass is 488 g/mol. The van der Waals surface area contributed by atoms with Crippen LogP contribution in [-0.4, -0.2) is 21.1 Å². The molecule has 0 amide bonds. The molecule has 1 aromatic heterocycles. The summed E-state index contributed by atoms with van der Waals surface area (Å²) >= 11 is 0.692. The van der Waals surface area contributed by atoms with Gasteiger partial charge in [0.05, 0.1) is 33.5 Å². The summed E-state index contributed by atoms with van der Waals surface area (Å²) in [5.41, 5.74) is -5.40. The average molecular weight is 488 g/mol. The lowest BCUT2D eigenvalue weighted by Crippen LogP contribution is -2.27. The summed E-state index contributed by atoms with van der Waals surface area (Å²) in [4.78, 5) is 29.8. The Hall–Kier alpha value is -2.82. The van der Waals surface area contributed by atoms with Crippen molar-refractivity contribution in [3.05, 3.63) is 63.9 Å². The van der Waals surface area contributed by atoms with E-state index in [1.54, 1.807) is 26.8 Å². The van der Waals surface area contributed by atoms with E-state index < -0.39 is 40.1 Å². The third kappa shape index (κ3) is 5.23. The molecule has 11 heteroatoms. The molecular formula is C22H18F6N2O2S. The highest BCUT2D eigenvalue weighted by atomic mass is 32.2.